The van der Waals surface area contributed by atoms with E-state index in [0.717, 1.165) is 16.9 Å². The highest BCUT2D eigenvalue weighted by molar-refractivity contribution is 5.55. The topological polar surface area (TPSA) is 18.5 Å². The summed E-state index contributed by atoms with van der Waals surface area (Å²) in [4.78, 5) is 0. The Labute approximate surface area is 97.9 Å². The smallest absolute Gasteiger partial charge is 0.197 e. The molecule has 16 heavy (non-hydrogen) atoms. The fourth-order valence-electron chi connectivity index (χ4n) is 1.57. The third-order valence-electron chi connectivity index (χ3n) is 2.30. The summed E-state index contributed by atoms with van der Waals surface area (Å²) >= 11 is 0. The Morgan fingerprint density at radius 3 is 2.50 bits per heavy atom. The van der Waals surface area contributed by atoms with E-state index in [-0.39, 0.29) is 12.4 Å². The molecule has 0 aliphatic carbocycles. The van der Waals surface area contributed by atoms with Crippen LogP contribution in [0.2, 0.25) is 0 Å². The highest BCUT2D eigenvalue weighted by Gasteiger charge is 2.09. The van der Waals surface area contributed by atoms with Crippen LogP contribution < -0.4 is 4.74 Å². The lowest BCUT2D eigenvalue weighted by Gasteiger charge is -2.19. The maximum atomic E-state index is 5.73. The largest absolute Gasteiger partial charge is 0.465 e. The van der Waals surface area contributed by atoms with Crippen LogP contribution in [-0.4, -0.2) is 12.4 Å². The number of rotatable bonds is 5. The molecule has 0 radical (unpaired) electrons. The highest BCUT2D eigenvalue weighted by Crippen LogP contribution is 2.23. The average Bonchev–Trinajstić information content (AvgIpc) is 2.20. The molecule has 0 aliphatic rings. The van der Waals surface area contributed by atoms with Crippen molar-refractivity contribution in [2.45, 2.75) is 40.1 Å². The number of ether oxygens (including phenoxy) is 2. The molecule has 1 aromatic carbocycles. The Morgan fingerprint density at radius 2 is 1.94 bits per heavy atom. The van der Waals surface area contributed by atoms with Crippen molar-refractivity contribution in [3.8, 4) is 5.75 Å². The summed E-state index contributed by atoms with van der Waals surface area (Å²) in [5, 5.41) is 0. The second-order valence-electron chi connectivity index (χ2n) is 4.04. The van der Waals surface area contributed by atoms with Gasteiger partial charge >= 0.3 is 0 Å². The molecule has 0 N–H and O–H groups in total. The quantitative estimate of drug-likeness (QED) is 0.703. The van der Waals surface area contributed by atoms with Gasteiger partial charge in [-0.15, -0.1) is 0 Å². The van der Waals surface area contributed by atoms with Gasteiger partial charge in [0.15, 0.2) is 6.29 Å². The standard InChI is InChI=1S/C14H20O2/c1-6-13-8-7-9-14(11(13)4)16-12(5)15-10(2)3/h6-10,12H,1H2,2-5H3. The van der Waals surface area contributed by atoms with Crippen molar-refractivity contribution in [1.82, 2.24) is 0 Å². The molecule has 2 nitrogen and oxygen atoms in total. The minimum absolute atomic E-state index is 0.165. The van der Waals surface area contributed by atoms with E-state index in [0.29, 0.717) is 0 Å². The Morgan fingerprint density at radius 1 is 1.25 bits per heavy atom. The Balaban J connectivity index is 2.77. The predicted octanol–water partition coefficient (Wildman–Crippen LogP) is 3.79. The van der Waals surface area contributed by atoms with Crippen molar-refractivity contribution in [2.75, 3.05) is 0 Å². The molecule has 0 aliphatic heterocycles. The number of hydrogen-bond acceptors (Lipinski definition) is 2. The van der Waals surface area contributed by atoms with Gasteiger partial charge < -0.3 is 9.47 Å². The van der Waals surface area contributed by atoms with E-state index in [4.69, 9.17) is 9.47 Å². The zero-order valence-corrected chi connectivity index (χ0v) is 10.5. The van der Waals surface area contributed by atoms with Crippen LogP contribution in [0.25, 0.3) is 6.08 Å². The predicted molar refractivity (Wildman–Crippen MR) is 67.6 cm³/mol. The number of hydrogen-bond donors (Lipinski definition) is 0. The molecule has 1 aromatic rings. The Kier molecular flexibility index (Phi) is 4.56. The molecule has 2 heteroatoms. The van der Waals surface area contributed by atoms with Gasteiger partial charge in [-0.3, -0.25) is 0 Å². The molecule has 0 heterocycles. The average molecular weight is 220 g/mol. The van der Waals surface area contributed by atoms with Crippen LogP contribution in [0.5, 0.6) is 5.75 Å². The van der Waals surface area contributed by atoms with Crippen molar-refractivity contribution in [3.05, 3.63) is 35.9 Å². The molecule has 0 saturated heterocycles. The highest BCUT2D eigenvalue weighted by atomic mass is 16.7. The number of benzene rings is 1. The van der Waals surface area contributed by atoms with Crippen LogP contribution in [0.15, 0.2) is 24.8 Å². The normalized spacial score (nSPS) is 12.6. The molecule has 0 saturated carbocycles. The minimum atomic E-state index is -0.237. The molecule has 1 rings (SSSR count). The summed E-state index contributed by atoms with van der Waals surface area (Å²) < 4.78 is 11.3. The maximum Gasteiger partial charge on any atom is 0.197 e. The Bertz CT molecular complexity index is 356. The minimum Gasteiger partial charge on any atom is -0.465 e. The molecular weight excluding hydrogens is 200 g/mol. The van der Waals surface area contributed by atoms with Crippen LogP contribution >= 0.6 is 0 Å². The van der Waals surface area contributed by atoms with Crippen LogP contribution in [-0.2, 0) is 4.74 Å². The van der Waals surface area contributed by atoms with E-state index in [1.165, 1.54) is 0 Å². The fraction of sp³-hybridized carbons (Fsp3) is 0.429. The zero-order valence-electron chi connectivity index (χ0n) is 10.5. The first-order valence-electron chi connectivity index (χ1n) is 5.58. The summed E-state index contributed by atoms with van der Waals surface area (Å²) in [7, 11) is 0. The first-order chi connectivity index (χ1) is 7.54. The molecule has 0 spiro atoms. The van der Waals surface area contributed by atoms with Gasteiger partial charge in [-0.2, -0.15) is 0 Å². The lowest BCUT2D eigenvalue weighted by molar-refractivity contribution is -0.0953. The first-order valence-corrected chi connectivity index (χ1v) is 5.58. The van der Waals surface area contributed by atoms with E-state index < -0.39 is 0 Å². The third kappa shape index (κ3) is 3.38. The van der Waals surface area contributed by atoms with Crippen molar-refractivity contribution in [3.63, 3.8) is 0 Å². The van der Waals surface area contributed by atoms with Crippen molar-refractivity contribution in [1.29, 1.82) is 0 Å². The summed E-state index contributed by atoms with van der Waals surface area (Å²) in [5.41, 5.74) is 2.19. The maximum absolute atomic E-state index is 5.73. The summed E-state index contributed by atoms with van der Waals surface area (Å²) in [6, 6.07) is 5.92. The van der Waals surface area contributed by atoms with E-state index in [2.05, 4.69) is 6.58 Å². The molecule has 0 amide bonds. The van der Waals surface area contributed by atoms with Gasteiger partial charge in [0, 0.05) is 0 Å². The second kappa shape index (κ2) is 5.71. The summed E-state index contributed by atoms with van der Waals surface area (Å²) in [6.07, 6.45) is 1.76. The Hall–Kier alpha value is -1.28. The molecular formula is C14H20O2. The summed E-state index contributed by atoms with van der Waals surface area (Å²) in [5.74, 6) is 0.852. The van der Waals surface area contributed by atoms with Crippen LogP contribution in [0.4, 0.5) is 0 Å². The molecule has 1 unspecified atom stereocenters. The van der Waals surface area contributed by atoms with Gasteiger partial charge in [-0.1, -0.05) is 24.8 Å². The lowest BCUT2D eigenvalue weighted by Crippen LogP contribution is -2.20. The van der Waals surface area contributed by atoms with Gasteiger partial charge in [0.1, 0.15) is 5.75 Å². The lowest BCUT2D eigenvalue weighted by atomic mass is 10.1. The molecule has 0 fully saturated rings. The molecule has 1 atom stereocenters. The SMILES string of the molecule is C=Cc1cccc(OC(C)OC(C)C)c1C. The van der Waals surface area contributed by atoms with Gasteiger partial charge in [0.05, 0.1) is 6.10 Å². The van der Waals surface area contributed by atoms with Crippen molar-refractivity contribution < 1.29 is 9.47 Å². The second-order valence-corrected chi connectivity index (χ2v) is 4.04. The first kappa shape index (κ1) is 12.8. The van der Waals surface area contributed by atoms with E-state index in [9.17, 15) is 0 Å². The molecule has 88 valence electrons. The van der Waals surface area contributed by atoms with Crippen LogP contribution in [0, 0.1) is 6.92 Å². The monoisotopic (exact) mass is 220 g/mol. The van der Waals surface area contributed by atoms with Crippen LogP contribution in [0.1, 0.15) is 31.9 Å². The van der Waals surface area contributed by atoms with E-state index >= 15 is 0 Å². The van der Waals surface area contributed by atoms with Crippen molar-refractivity contribution >= 4 is 6.08 Å². The molecule has 0 bridgehead atoms. The van der Waals surface area contributed by atoms with Gasteiger partial charge in [-0.05, 0) is 44.9 Å². The van der Waals surface area contributed by atoms with Gasteiger partial charge in [-0.25, -0.2) is 0 Å². The molecule has 0 aromatic heterocycles. The zero-order chi connectivity index (χ0) is 12.1. The fourth-order valence-corrected chi connectivity index (χ4v) is 1.57. The van der Waals surface area contributed by atoms with Crippen molar-refractivity contribution in [2.24, 2.45) is 0 Å². The van der Waals surface area contributed by atoms with E-state index in [1.807, 2.05) is 52.0 Å². The van der Waals surface area contributed by atoms with Gasteiger partial charge in [0.25, 0.3) is 0 Å². The third-order valence-corrected chi connectivity index (χ3v) is 2.30. The van der Waals surface area contributed by atoms with E-state index in [1.54, 1.807) is 0 Å². The van der Waals surface area contributed by atoms with Crippen LogP contribution in [0.3, 0.4) is 0 Å². The van der Waals surface area contributed by atoms with Gasteiger partial charge in [0.2, 0.25) is 0 Å². The summed E-state index contributed by atoms with van der Waals surface area (Å²) in [6.45, 7) is 11.7.